The zero-order chi connectivity index (χ0) is 26.3. The summed E-state index contributed by atoms with van der Waals surface area (Å²) in [4.78, 5) is 24.5. The SMILES string of the molecule is C=C(CCC1(c2ccc(S(=O)(=O)NC(C)=O)cc2)COC1)C(=O)c1cc2c(Cl)c(OC)ccc2n1C. The number of aryl methyl sites for hydroxylation is 1. The minimum atomic E-state index is -3.91. The number of allylic oxidation sites excluding steroid dienone is 1. The molecule has 1 N–H and O–H groups in total. The Morgan fingerprint density at radius 3 is 2.42 bits per heavy atom. The Hall–Kier alpha value is -3.14. The van der Waals surface area contributed by atoms with Crippen molar-refractivity contribution in [2.75, 3.05) is 20.3 Å². The number of sulfonamides is 1. The minimum Gasteiger partial charge on any atom is -0.495 e. The van der Waals surface area contributed by atoms with E-state index < -0.39 is 15.9 Å². The predicted octanol–water partition coefficient (Wildman–Crippen LogP) is 4.15. The van der Waals surface area contributed by atoms with E-state index >= 15 is 0 Å². The van der Waals surface area contributed by atoms with Crippen LogP contribution in [0.15, 0.2) is 59.5 Å². The third-order valence-electron chi connectivity index (χ3n) is 6.62. The van der Waals surface area contributed by atoms with Gasteiger partial charge in [-0.3, -0.25) is 9.59 Å². The van der Waals surface area contributed by atoms with Crippen LogP contribution in [-0.4, -0.2) is 45.0 Å². The number of hydrogen-bond acceptors (Lipinski definition) is 6. The van der Waals surface area contributed by atoms with Crippen molar-refractivity contribution in [3.8, 4) is 5.75 Å². The molecule has 1 aromatic heterocycles. The molecular weight excluding hydrogens is 504 g/mol. The van der Waals surface area contributed by atoms with E-state index in [1.807, 2.05) is 17.8 Å². The third-order valence-corrected chi connectivity index (χ3v) is 8.45. The molecule has 0 atom stereocenters. The molecule has 0 radical (unpaired) electrons. The number of ketones is 1. The number of rotatable bonds is 9. The summed E-state index contributed by atoms with van der Waals surface area (Å²) < 4.78 is 39.0. The van der Waals surface area contributed by atoms with E-state index in [4.69, 9.17) is 21.1 Å². The maximum Gasteiger partial charge on any atom is 0.264 e. The summed E-state index contributed by atoms with van der Waals surface area (Å²) in [7, 11) is -0.560. The summed E-state index contributed by atoms with van der Waals surface area (Å²) in [5.41, 5.74) is 2.31. The molecular formula is C26H27ClN2O6S. The predicted molar refractivity (Wildman–Crippen MR) is 137 cm³/mol. The van der Waals surface area contributed by atoms with Crippen LogP contribution in [0.2, 0.25) is 5.02 Å². The first-order valence-electron chi connectivity index (χ1n) is 11.3. The maximum atomic E-state index is 13.3. The average molecular weight is 531 g/mol. The second-order valence-corrected chi connectivity index (χ2v) is 11.1. The summed E-state index contributed by atoms with van der Waals surface area (Å²) in [6, 6.07) is 11.8. The van der Waals surface area contributed by atoms with Crippen molar-refractivity contribution in [1.29, 1.82) is 0 Å². The fourth-order valence-corrected chi connectivity index (χ4v) is 5.74. The highest BCUT2D eigenvalue weighted by molar-refractivity contribution is 7.90. The molecule has 1 fully saturated rings. The van der Waals surface area contributed by atoms with Crippen LogP contribution in [0.1, 0.15) is 35.8 Å². The lowest BCUT2D eigenvalue weighted by Gasteiger charge is -2.42. The first kappa shape index (κ1) is 25.9. The lowest BCUT2D eigenvalue weighted by molar-refractivity contribution is -0.117. The Kier molecular flexibility index (Phi) is 7.01. The Balaban J connectivity index is 1.51. The number of nitrogens with one attached hydrogen (secondary N) is 1. The lowest BCUT2D eigenvalue weighted by atomic mass is 9.74. The number of carbonyl (C=O) groups is 2. The smallest absolute Gasteiger partial charge is 0.264 e. The van der Waals surface area contributed by atoms with Crippen molar-refractivity contribution in [3.05, 3.63) is 70.9 Å². The van der Waals surface area contributed by atoms with Crippen LogP contribution in [-0.2, 0) is 32.0 Å². The van der Waals surface area contributed by atoms with Crippen LogP contribution >= 0.6 is 11.6 Å². The summed E-state index contributed by atoms with van der Waals surface area (Å²) >= 11 is 6.45. The topological polar surface area (TPSA) is 104 Å². The van der Waals surface area contributed by atoms with E-state index in [9.17, 15) is 18.0 Å². The number of amides is 1. The number of halogens is 1. The first-order chi connectivity index (χ1) is 17.0. The minimum absolute atomic E-state index is 0.00231. The third kappa shape index (κ3) is 4.66. The Morgan fingerprint density at radius 2 is 1.86 bits per heavy atom. The van der Waals surface area contributed by atoms with Crippen molar-refractivity contribution in [2.24, 2.45) is 7.05 Å². The first-order valence-corrected chi connectivity index (χ1v) is 13.1. The van der Waals surface area contributed by atoms with Gasteiger partial charge in [-0.15, -0.1) is 0 Å². The molecule has 0 bridgehead atoms. The van der Waals surface area contributed by atoms with Crippen LogP contribution in [0.5, 0.6) is 5.75 Å². The molecule has 190 valence electrons. The van der Waals surface area contributed by atoms with Crippen LogP contribution in [0, 0.1) is 0 Å². The zero-order valence-corrected chi connectivity index (χ0v) is 21.8. The second-order valence-electron chi connectivity index (χ2n) is 9.00. The quantitative estimate of drug-likeness (QED) is 0.329. The molecule has 2 aromatic carbocycles. The van der Waals surface area contributed by atoms with E-state index in [1.54, 1.807) is 35.9 Å². The summed E-state index contributed by atoms with van der Waals surface area (Å²) in [5, 5.41) is 1.18. The lowest BCUT2D eigenvalue weighted by Crippen LogP contribution is -2.46. The zero-order valence-electron chi connectivity index (χ0n) is 20.3. The van der Waals surface area contributed by atoms with Crippen LogP contribution in [0.4, 0.5) is 0 Å². The highest BCUT2D eigenvalue weighted by Gasteiger charge is 2.40. The van der Waals surface area contributed by atoms with Crippen LogP contribution in [0.3, 0.4) is 0 Å². The normalized spacial score (nSPS) is 14.8. The highest BCUT2D eigenvalue weighted by Crippen LogP contribution is 2.39. The average Bonchev–Trinajstić information content (AvgIpc) is 3.14. The van der Waals surface area contributed by atoms with Gasteiger partial charge in [0.05, 0.1) is 41.5 Å². The Bertz CT molecular complexity index is 1470. The molecule has 0 spiro atoms. The van der Waals surface area contributed by atoms with Crippen molar-refractivity contribution in [1.82, 2.24) is 9.29 Å². The summed E-state index contributed by atoms with van der Waals surface area (Å²) in [6.45, 7) is 6.10. The molecule has 0 unspecified atom stereocenters. The highest BCUT2D eigenvalue weighted by atomic mass is 35.5. The molecule has 1 aliphatic heterocycles. The fraction of sp³-hybridized carbons (Fsp3) is 0.308. The van der Waals surface area contributed by atoms with Gasteiger partial charge in [0.1, 0.15) is 5.75 Å². The van der Waals surface area contributed by atoms with Crippen molar-refractivity contribution in [3.63, 3.8) is 0 Å². The van der Waals surface area contributed by atoms with E-state index in [-0.39, 0.29) is 16.1 Å². The number of Topliss-reactive ketones (excluding diaryl/α,β-unsaturated/α-hetero) is 1. The number of methoxy groups -OCH3 is 1. The monoisotopic (exact) mass is 530 g/mol. The standard InChI is InChI=1S/C26H27ClN2O6S/c1-16(25(31)22-13-20-21(29(22)3)9-10-23(34-4)24(20)27)11-12-26(14-35-15-26)18-5-7-19(8-6-18)36(32,33)28-17(2)30/h5-10,13H,1,11-12,14-15H2,2-4H3,(H,28,30). The van der Waals surface area contributed by atoms with Crippen molar-refractivity contribution < 1.29 is 27.5 Å². The van der Waals surface area contributed by atoms with Gasteiger partial charge in [0.25, 0.3) is 10.0 Å². The number of nitrogens with zero attached hydrogens (tertiary/aromatic N) is 1. The number of fused-ring (bicyclic) bond motifs is 1. The number of ether oxygens (including phenoxy) is 2. The molecule has 2 heterocycles. The summed E-state index contributed by atoms with van der Waals surface area (Å²) in [5.74, 6) is -0.287. The van der Waals surface area contributed by atoms with Crippen LogP contribution < -0.4 is 9.46 Å². The molecule has 1 aliphatic rings. The summed E-state index contributed by atoms with van der Waals surface area (Å²) in [6.07, 6.45) is 1.04. The molecule has 1 saturated heterocycles. The fourth-order valence-electron chi connectivity index (χ4n) is 4.46. The molecule has 36 heavy (non-hydrogen) atoms. The largest absolute Gasteiger partial charge is 0.495 e. The van der Waals surface area contributed by atoms with Gasteiger partial charge in [-0.2, -0.15) is 0 Å². The van der Waals surface area contributed by atoms with Gasteiger partial charge < -0.3 is 14.0 Å². The van der Waals surface area contributed by atoms with Gasteiger partial charge in [0.15, 0.2) is 0 Å². The van der Waals surface area contributed by atoms with Gasteiger partial charge in [-0.1, -0.05) is 30.3 Å². The number of aromatic nitrogens is 1. The number of carbonyl (C=O) groups excluding carboxylic acids is 2. The molecule has 4 rings (SSSR count). The number of hydrogen-bond donors (Lipinski definition) is 1. The molecule has 0 aliphatic carbocycles. The van der Waals surface area contributed by atoms with Gasteiger partial charge in [-0.05, 0) is 54.3 Å². The van der Waals surface area contributed by atoms with E-state index in [0.717, 1.165) is 23.4 Å². The van der Waals surface area contributed by atoms with Gasteiger partial charge >= 0.3 is 0 Å². The maximum absolute atomic E-state index is 13.3. The van der Waals surface area contributed by atoms with E-state index in [1.165, 1.54) is 12.1 Å². The molecule has 3 aromatic rings. The Labute approximate surface area is 214 Å². The molecule has 0 saturated carbocycles. The molecule has 8 nitrogen and oxygen atoms in total. The van der Waals surface area contributed by atoms with Gasteiger partial charge in [0, 0.05) is 24.8 Å². The number of benzene rings is 2. The van der Waals surface area contributed by atoms with Gasteiger partial charge in [-0.25, -0.2) is 13.1 Å². The van der Waals surface area contributed by atoms with Crippen molar-refractivity contribution >= 4 is 44.2 Å². The second kappa shape index (κ2) is 9.72. The van der Waals surface area contributed by atoms with Gasteiger partial charge in [0.2, 0.25) is 11.7 Å². The molecule has 1 amide bonds. The van der Waals surface area contributed by atoms with Crippen LogP contribution in [0.25, 0.3) is 10.9 Å². The Morgan fingerprint density at radius 1 is 1.19 bits per heavy atom. The van der Waals surface area contributed by atoms with E-state index in [0.29, 0.717) is 48.1 Å². The van der Waals surface area contributed by atoms with E-state index in [2.05, 4.69) is 6.58 Å². The molecule has 10 heteroatoms. The van der Waals surface area contributed by atoms with Crippen molar-refractivity contribution in [2.45, 2.75) is 30.1 Å².